The molecule has 0 amide bonds. The highest BCUT2D eigenvalue weighted by Gasteiger charge is 2.41. The van der Waals surface area contributed by atoms with Crippen molar-refractivity contribution in [3.63, 3.8) is 0 Å². The number of thiocarbonyl (C=S) groups is 1. The van der Waals surface area contributed by atoms with Crippen LogP contribution in [0, 0.1) is 13.8 Å². The van der Waals surface area contributed by atoms with Crippen molar-refractivity contribution in [1.29, 1.82) is 0 Å². The van der Waals surface area contributed by atoms with Gasteiger partial charge in [0.2, 0.25) is 0 Å². The van der Waals surface area contributed by atoms with E-state index in [0.29, 0.717) is 0 Å². The summed E-state index contributed by atoms with van der Waals surface area (Å²) in [6.45, 7) is 6.11. The van der Waals surface area contributed by atoms with E-state index in [-0.39, 0.29) is 12.1 Å². The minimum absolute atomic E-state index is 0.00400. The van der Waals surface area contributed by atoms with Crippen LogP contribution in [-0.2, 0) is 0 Å². The molecule has 1 aliphatic rings. The third kappa shape index (κ3) is 4.23. The molecular formula is C25H31N5OS. The number of hydrogen-bond acceptors (Lipinski definition) is 4. The fourth-order valence-corrected chi connectivity index (χ4v) is 4.84. The van der Waals surface area contributed by atoms with Gasteiger partial charge in [0.05, 0.1) is 24.9 Å². The van der Waals surface area contributed by atoms with Gasteiger partial charge in [0.15, 0.2) is 5.11 Å². The first kappa shape index (κ1) is 22.3. The van der Waals surface area contributed by atoms with Crippen molar-refractivity contribution in [1.82, 2.24) is 24.7 Å². The molecule has 3 aromatic rings. The topological polar surface area (TPSA) is 45.6 Å². The van der Waals surface area contributed by atoms with Gasteiger partial charge in [-0.05, 0) is 88.2 Å². The summed E-state index contributed by atoms with van der Waals surface area (Å²) in [5.74, 6) is 0.854. The Balaban J connectivity index is 1.78. The SMILES string of the molecule is COc1ccc(-n2c(C)cc([C@H]3[C@@H](c4ccccn4)NC(=S)N3CCN(C)C)c2C)cc1. The van der Waals surface area contributed by atoms with Crippen LogP contribution >= 0.6 is 12.2 Å². The summed E-state index contributed by atoms with van der Waals surface area (Å²) in [5.41, 5.74) is 5.78. The average molecular weight is 450 g/mol. The Bertz CT molecular complexity index is 1080. The Labute approximate surface area is 195 Å². The van der Waals surface area contributed by atoms with Crippen molar-refractivity contribution in [2.24, 2.45) is 0 Å². The molecule has 0 radical (unpaired) electrons. The molecule has 1 fully saturated rings. The van der Waals surface area contributed by atoms with E-state index in [1.165, 1.54) is 17.0 Å². The number of rotatable bonds is 7. The number of ether oxygens (including phenoxy) is 1. The molecule has 2 atom stereocenters. The second kappa shape index (κ2) is 9.30. The van der Waals surface area contributed by atoms with E-state index >= 15 is 0 Å². The zero-order valence-electron chi connectivity index (χ0n) is 19.4. The Morgan fingerprint density at radius 1 is 1.12 bits per heavy atom. The number of likely N-dealkylation sites (N-methyl/N-ethyl adjacent to an activating group) is 1. The van der Waals surface area contributed by atoms with Crippen LogP contribution in [0.25, 0.3) is 5.69 Å². The maximum Gasteiger partial charge on any atom is 0.170 e. The van der Waals surface area contributed by atoms with Gasteiger partial charge in [-0.3, -0.25) is 4.98 Å². The summed E-state index contributed by atoms with van der Waals surface area (Å²) in [7, 11) is 5.87. The van der Waals surface area contributed by atoms with E-state index in [2.05, 4.69) is 76.9 Å². The molecule has 0 unspecified atom stereocenters. The fraction of sp³-hybridized carbons (Fsp3) is 0.360. The van der Waals surface area contributed by atoms with Crippen molar-refractivity contribution >= 4 is 17.3 Å². The number of aryl methyl sites for hydroxylation is 1. The Morgan fingerprint density at radius 2 is 1.88 bits per heavy atom. The zero-order chi connectivity index (χ0) is 22.8. The Hall–Kier alpha value is -2.90. The number of pyridine rings is 1. The van der Waals surface area contributed by atoms with Crippen LogP contribution in [0.3, 0.4) is 0 Å². The van der Waals surface area contributed by atoms with Crippen LogP contribution in [-0.4, -0.2) is 58.8 Å². The van der Waals surface area contributed by atoms with Gasteiger partial charge in [-0.15, -0.1) is 0 Å². The van der Waals surface area contributed by atoms with Gasteiger partial charge in [0.1, 0.15) is 5.75 Å². The first-order valence-electron chi connectivity index (χ1n) is 10.9. The normalized spacial score (nSPS) is 18.3. The van der Waals surface area contributed by atoms with E-state index in [1.807, 2.05) is 30.5 Å². The van der Waals surface area contributed by atoms with E-state index in [0.717, 1.165) is 35.3 Å². The highest BCUT2D eigenvalue weighted by molar-refractivity contribution is 7.80. The summed E-state index contributed by atoms with van der Waals surface area (Å²) in [4.78, 5) is 9.16. The fourth-order valence-electron chi connectivity index (χ4n) is 4.51. The summed E-state index contributed by atoms with van der Waals surface area (Å²) in [6, 6.07) is 16.6. The minimum atomic E-state index is -0.00400. The van der Waals surface area contributed by atoms with Crippen LogP contribution < -0.4 is 10.1 Å². The monoisotopic (exact) mass is 449 g/mol. The molecule has 32 heavy (non-hydrogen) atoms. The Morgan fingerprint density at radius 3 is 2.50 bits per heavy atom. The molecule has 1 aromatic carbocycles. The van der Waals surface area contributed by atoms with Crippen molar-refractivity contribution in [3.8, 4) is 11.4 Å². The van der Waals surface area contributed by atoms with Crippen molar-refractivity contribution in [3.05, 3.63) is 77.4 Å². The summed E-state index contributed by atoms with van der Waals surface area (Å²) in [6.07, 6.45) is 1.85. The van der Waals surface area contributed by atoms with Crippen LogP contribution in [0.1, 0.15) is 34.7 Å². The molecule has 1 N–H and O–H groups in total. The zero-order valence-corrected chi connectivity index (χ0v) is 20.2. The first-order chi connectivity index (χ1) is 15.4. The molecule has 4 rings (SSSR count). The maximum absolute atomic E-state index is 5.80. The third-order valence-corrected chi connectivity index (χ3v) is 6.46. The number of aromatic nitrogens is 2. The molecule has 3 heterocycles. The van der Waals surface area contributed by atoms with E-state index in [1.54, 1.807) is 7.11 Å². The molecular weight excluding hydrogens is 418 g/mol. The van der Waals surface area contributed by atoms with Gasteiger partial charge in [-0.25, -0.2) is 0 Å². The molecule has 0 spiro atoms. The van der Waals surface area contributed by atoms with E-state index in [9.17, 15) is 0 Å². The quantitative estimate of drug-likeness (QED) is 0.550. The van der Waals surface area contributed by atoms with Crippen LogP contribution in [0.15, 0.2) is 54.7 Å². The van der Waals surface area contributed by atoms with Crippen LogP contribution in [0.5, 0.6) is 5.75 Å². The number of nitrogens with zero attached hydrogens (tertiary/aromatic N) is 4. The predicted molar refractivity (Wildman–Crippen MR) is 133 cm³/mol. The third-order valence-electron chi connectivity index (χ3n) is 6.11. The summed E-state index contributed by atoms with van der Waals surface area (Å²) < 4.78 is 7.64. The highest BCUT2D eigenvalue weighted by Crippen LogP contribution is 2.41. The van der Waals surface area contributed by atoms with Gasteiger partial charge >= 0.3 is 0 Å². The van der Waals surface area contributed by atoms with Gasteiger partial charge < -0.3 is 24.4 Å². The number of nitrogens with one attached hydrogen (secondary N) is 1. The van der Waals surface area contributed by atoms with Crippen LogP contribution in [0.4, 0.5) is 0 Å². The van der Waals surface area contributed by atoms with Gasteiger partial charge in [-0.1, -0.05) is 6.07 Å². The molecule has 1 aliphatic heterocycles. The lowest BCUT2D eigenvalue weighted by atomic mass is 9.97. The number of benzene rings is 1. The van der Waals surface area contributed by atoms with Crippen LogP contribution in [0.2, 0.25) is 0 Å². The molecule has 0 bridgehead atoms. The number of methoxy groups -OCH3 is 1. The second-order valence-electron chi connectivity index (χ2n) is 8.48. The van der Waals surface area contributed by atoms with E-state index < -0.39 is 0 Å². The average Bonchev–Trinajstić information content (AvgIpc) is 3.27. The smallest absolute Gasteiger partial charge is 0.170 e. The molecule has 7 heteroatoms. The maximum atomic E-state index is 5.80. The largest absolute Gasteiger partial charge is 0.497 e. The lowest BCUT2D eigenvalue weighted by Gasteiger charge is -2.29. The molecule has 1 saturated heterocycles. The standard InChI is InChI=1S/C25H31N5OS/c1-17-16-21(18(2)30(17)19-9-11-20(31-5)12-10-19)24-23(22-8-6-7-13-26-22)27-25(32)29(24)15-14-28(3)4/h6-13,16,23-24H,14-15H2,1-5H3,(H,27,32)/t23-,24+/m1/s1. The van der Waals surface area contributed by atoms with Gasteiger partial charge in [0, 0.05) is 36.4 Å². The van der Waals surface area contributed by atoms with Gasteiger partial charge in [0.25, 0.3) is 0 Å². The molecule has 0 saturated carbocycles. The Kier molecular flexibility index (Phi) is 6.48. The van der Waals surface area contributed by atoms with Crippen molar-refractivity contribution in [2.45, 2.75) is 25.9 Å². The lowest BCUT2D eigenvalue weighted by Crippen LogP contribution is -2.35. The summed E-state index contributed by atoms with van der Waals surface area (Å²) in [5, 5.41) is 4.33. The predicted octanol–water partition coefficient (Wildman–Crippen LogP) is 4.03. The molecule has 168 valence electrons. The highest BCUT2D eigenvalue weighted by atomic mass is 32.1. The number of hydrogen-bond donors (Lipinski definition) is 1. The van der Waals surface area contributed by atoms with Gasteiger partial charge in [-0.2, -0.15) is 0 Å². The minimum Gasteiger partial charge on any atom is -0.497 e. The van der Waals surface area contributed by atoms with Crippen molar-refractivity contribution in [2.75, 3.05) is 34.3 Å². The summed E-state index contributed by atoms with van der Waals surface area (Å²) >= 11 is 5.80. The first-order valence-corrected chi connectivity index (χ1v) is 11.3. The molecule has 2 aromatic heterocycles. The molecule has 0 aliphatic carbocycles. The second-order valence-corrected chi connectivity index (χ2v) is 8.87. The lowest BCUT2D eigenvalue weighted by molar-refractivity contribution is 0.277. The molecule has 6 nitrogen and oxygen atoms in total. The van der Waals surface area contributed by atoms with E-state index in [4.69, 9.17) is 17.0 Å². The van der Waals surface area contributed by atoms with Crippen molar-refractivity contribution < 1.29 is 4.74 Å².